The molecule has 1 amide bonds. The molecule has 0 saturated carbocycles. The van der Waals surface area contributed by atoms with Crippen LogP contribution >= 0.6 is 35.0 Å². The van der Waals surface area contributed by atoms with E-state index in [2.05, 4.69) is 0 Å². The minimum absolute atomic E-state index is 0.174. The van der Waals surface area contributed by atoms with Gasteiger partial charge in [0.25, 0.3) is 0 Å². The lowest BCUT2D eigenvalue weighted by Gasteiger charge is -2.24. The van der Waals surface area contributed by atoms with Crippen LogP contribution in [-0.2, 0) is 16.1 Å². The van der Waals surface area contributed by atoms with Gasteiger partial charge in [-0.3, -0.25) is 9.59 Å². The Morgan fingerprint density at radius 2 is 1.84 bits per heavy atom. The average Bonchev–Trinajstić information content (AvgIpc) is 2.88. The summed E-state index contributed by atoms with van der Waals surface area (Å²) in [5.74, 6) is -1.15. The molecule has 0 aliphatic carbocycles. The lowest BCUT2D eigenvalue weighted by molar-refractivity contribution is -0.140. The van der Waals surface area contributed by atoms with Crippen molar-refractivity contribution in [2.75, 3.05) is 0 Å². The first-order valence-electron chi connectivity index (χ1n) is 7.62. The summed E-state index contributed by atoms with van der Waals surface area (Å²) in [6.45, 7) is 0.346. The highest BCUT2D eigenvalue weighted by Crippen LogP contribution is 2.45. The van der Waals surface area contributed by atoms with Gasteiger partial charge in [-0.25, -0.2) is 0 Å². The van der Waals surface area contributed by atoms with Crippen molar-refractivity contribution in [3.63, 3.8) is 0 Å². The first-order chi connectivity index (χ1) is 12.0. The molecular weight excluding hydrogens is 381 g/mol. The van der Waals surface area contributed by atoms with Crippen molar-refractivity contribution in [1.82, 2.24) is 4.90 Å². The molecule has 1 heterocycles. The zero-order chi connectivity index (χ0) is 18.0. The Balaban J connectivity index is 1.89. The molecule has 0 aromatic heterocycles. The number of carboxylic acid groups (broad SMARTS) is 1. The molecule has 25 heavy (non-hydrogen) atoms. The summed E-state index contributed by atoms with van der Waals surface area (Å²) in [6.07, 6.45) is -0.190. The zero-order valence-corrected chi connectivity index (χ0v) is 15.4. The molecule has 2 aromatic carbocycles. The van der Waals surface area contributed by atoms with E-state index in [0.717, 1.165) is 11.1 Å². The lowest BCUT2D eigenvalue weighted by Crippen LogP contribution is -2.31. The number of carboxylic acids is 1. The standard InChI is InChI=1S/C18H15Cl2NO3S/c19-13-7-6-11(8-14(13)20)10-21-17(24)15(9-16(22)23)25-18(21)12-4-2-1-3-5-12/h1-8,15,18H,9-10H2,(H,22,23). The molecule has 7 heteroatoms. The Kier molecular flexibility index (Phi) is 5.57. The van der Waals surface area contributed by atoms with Gasteiger partial charge in [0, 0.05) is 6.54 Å². The van der Waals surface area contributed by atoms with Crippen LogP contribution in [0.1, 0.15) is 22.9 Å². The van der Waals surface area contributed by atoms with Crippen LogP contribution in [0.15, 0.2) is 48.5 Å². The summed E-state index contributed by atoms with van der Waals surface area (Å²) < 4.78 is 0. The molecule has 3 rings (SSSR count). The van der Waals surface area contributed by atoms with Crippen LogP contribution in [0.3, 0.4) is 0 Å². The molecule has 2 aromatic rings. The van der Waals surface area contributed by atoms with Crippen molar-refractivity contribution < 1.29 is 14.7 Å². The van der Waals surface area contributed by atoms with Crippen LogP contribution in [0, 0.1) is 0 Å². The van der Waals surface area contributed by atoms with Gasteiger partial charge >= 0.3 is 5.97 Å². The van der Waals surface area contributed by atoms with Crippen LogP contribution in [0.5, 0.6) is 0 Å². The smallest absolute Gasteiger partial charge is 0.305 e. The molecule has 1 aliphatic heterocycles. The Labute approximate surface area is 159 Å². The second-order valence-corrected chi connectivity index (χ2v) is 7.80. The summed E-state index contributed by atoms with van der Waals surface area (Å²) in [6, 6.07) is 14.8. The van der Waals surface area contributed by atoms with Gasteiger partial charge in [0.15, 0.2) is 0 Å². The number of rotatable bonds is 5. The fraction of sp³-hybridized carbons (Fsp3) is 0.222. The summed E-state index contributed by atoms with van der Waals surface area (Å²) >= 11 is 13.4. The lowest BCUT2D eigenvalue weighted by atomic mass is 10.1. The van der Waals surface area contributed by atoms with E-state index >= 15 is 0 Å². The van der Waals surface area contributed by atoms with Crippen molar-refractivity contribution in [1.29, 1.82) is 0 Å². The topological polar surface area (TPSA) is 57.6 Å². The molecule has 1 N–H and O–H groups in total. The van der Waals surface area contributed by atoms with Gasteiger partial charge in [-0.05, 0) is 23.3 Å². The van der Waals surface area contributed by atoms with Crippen LogP contribution in [0.25, 0.3) is 0 Å². The summed E-state index contributed by atoms with van der Waals surface area (Å²) in [7, 11) is 0. The van der Waals surface area contributed by atoms with Gasteiger partial charge in [0.2, 0.25) is 5.91 Å². The molecule has 130 valence electrons. The predicted octanol–water partition coefficient (Wildman–Crippen LogP) is 4.61. The van der Waals surface area contributed by atoms with Gasteiger partial charge in [-0.1, -0.05) is 59.6 Å². The number of nitrogens with zero attached hydrogens (tertiary/aromatic N) is 1. The normalized spacial score (nSPS) is 20.1. The SMILES string of the molecule is O=C(O)CC1SC(c2ccccc2)N(Cc2ccc(Cl)c(Cl)c2)C1=O. The number of aliphatic carboxylic acids is 1. The maximum Gasteiger partial charge on any atom is 0.305 e. The third kappa shape index (κ3) is 4.11. The summed E-state index contributed by atoms with van der Waals surface area (Å²) in [5.41, 5.74) is 1.81. The second kappa shape index (κ2) is 7.68. The number of halogens is 2. The maximum atomic E-state index is 12.8. The molecular formula is C18H15Cl2NO3S. The fourth-order valence-electron chi connectivity index (χ4n) is 2.75. The van der Waals surface area contributed by atoms with Crippen LogP contribution < -0.4 is 0 Å². The first-order valence-corrected chi connectivity index (χ1v) is 9.32. The van der Waals surface area contributed by atoms with E-state index in [9.17, 15) is 9.59 Å². The van der Waals surface area contributed by atoms with E-state index in [4.69, 9.17) is 28.3 Å². The first kappa shape index (κ1) is 18.1. The quantitative estimate of drug-likeness (QED) is 0.802. The van der Waals surface area contributed by atoms with E-state index in [0.29, 0.717) is 16.6 Å². The highest BCUT2D eigenvalue weighted by Gasteiger charge is 2.41. The number of amides is 1. The predicted molar refractivity (Wildman–Crippen MR) is 99.8 cm³/mol. The molecule has 1 aliphatic rings. The number of carbonyl (C=O) groups excluding carboxylic acids is 1. The average molecular weight is 396 g/mol. The van der Waals surface area contributed by atoms with Gasteiger partial charge in [-0.15, -0.1) is 11.8 Å². The van der Waals surface area contributed by atoms with E-state index in [1.165, 1.54) is 11.8 Å². The highest BCUT2D eigenvalue weighted by molar-refractivity contribution is 8.01. The number of hydrogen-bond acceptors (Lipinski definition) is 3. The van der Waals surface area contributed by atoms with Gasteiger partial charge in [0.05, 0.1) is 21.7 Å². The molecule has 0 spiro atoms. The van der Waals surface area contributed by atoms with E-state index in [1.54, 1.807) is 17.0 Å². The third-order valence-corrected chi connectivity index (χ3v) is 6.14. The highest BCUT2D eigenvalue weighted by atomic mass is 35.5. The Morgan fingerprint density at radius 1 is 1.12 bits per heavy atom. The van der Waals surface area contributed by atoms with Crippen LogP contribution in [0.4, 0.5) is 0 Å². The molecule has 0 bridgehead atoms. The number of benzene rings is 2. The van der Waals surface area contributed by atoms with Crippen molar-refractivity contribution in [2.24, 2.45) is 0 Å². The third-order valence-electron chi connectivity index (χ3n) is 3.92. The second-order valence-electron chi connectivity index (χ2n) is 5.70. The van der Waals surface area contributed by atoms with Crippen molar-refractivity contribution in [2.45, 2.75) is 23.6 Å². The van der Waals surface area contributed by atoms with Crippen LogP contribution in [0.2, 0.25) is 10.0 Å². The Bertz CT molecular complexity index is 800. The van der Waals surface area contributed by atoms with Crippen molar-refractivity contribution in [3.8, 4) is 0 Å². The van der Waals surface area contributed by atoms with Gasteiger partial charge in [-0.2, -0.15) is 0 Å². The van der Waals surface area contributed by atoms with Gasteiger partial charge < -0.3 is 10.0 Å². The van der Waals surface area contributed by atoms with E-state index in [-0.39, 0.29) is 17.7 Å². The minimum atomic E-state index is -0.978. The molecule has 1 fully saturated rings. The monoisotopic (exact) mass is 395 g/mol. The minimum Gasteiger partial charge on any atom is -0.481 e. The van der Waals surface area contributed by atoms with E-state index < -0.39 is 11.2 Å². The Hall–Kier alpha value is -1.69. The Morgan fingerprint density at radius 3 is 2.48 bits per heavy atom. The van der Waals surface area contributed by atoms with Crippen molar-refractivity contribution in [3.05, 3.63) is 69.7 Å². The molecule has 2 atom stereocenters. The summed E-state index contributed by atoms with van der Waals surface area (Å²) in [5, 5.41) is 9.14. The molecule has 1 saturated heterocycles. The van der Waals surface area contributed by atoms with Crippen molar-refractivity contribution >= 4 is 46.8 Å². The summed E-state index contributed by atoms with van der Waals surface area (Å²) in [4.78, 5) is 25.5. The molecule has 0 radical (unpaired) electrons. The number of hydrogen-bond donors (Lipinski definition) is 1. The molecule has 2 unspecified atom stereocenters. The number of carbonyl (C=O) groups is 2. The van der Waals surface area contributed by atoms with E-state index in [1.807, 2.05) is 36.4 Å². The van der Waals surface area contributed by atoms with Crippen LogP contribution in [-0.4, -0.2) is 27.1 Å². The largest absolute Gasteiger partial charge is 0.481 e. The number of thioether (sulfide) groups is 1. The zero-order valence-electron chi connectivity index (χ0n) is 13.1. The van der Waals surface area contributed by atoms with Gasteiger partial charge in [0.1, 0.15) is 5.37 Å². The molecule has 4 nitrogen and oxygen atoms in total. The maximum absolute atomic E-state index is 12.8. The fourth-order valence-corrected chi connectivity index (χ4v) is 4.52.